The van der Waals surface area contributed by atoms with Crippen molar-refractivity contribution in [2.45, 2.75) is 32.4 Å². The van der Waals surface area contributed by atoms with Crippen LogP contribution in [0.25, 0.3) is 0 Å². The van der Waals surface area contributed by atoms with Gasteiger partial charge in [-0.15, -0.1) is 10.2 Å². The van der Waals surface area contributed by atoms with E-state index in [0.717, 1.165) is 25.3 Å². The summed E-state index contributed by atoms with van der Waals surface area (Å²) in [5.74, 6) is 1.57. The molecule has 0 aromatic carbocycles. The molecular weight excluding hydrogens is 180 g/mol. The SMILES string of the molecule is Cc1nnc(CO)n1C1CCCNC1. The lowest BCUT2D eigenvalue weighted by Crippen LogP contribution is -2.32. The predicted molar refractivity (Wildman–Crippen MR) is 51.8 cm³/mol. The van der Waals surface area contributed by atoms with Crippen molar-refractivity contribution < 1.29 is 5.11 Å². The first kappa shape index (κ1) is 9.61. The molecule has 14 heavy (non-hydrogen) atoms. The van der Waals surface area contributed by atoms with E-state index in [-0.39, 0.29) is 6.61 Å². The molecule has 0 aliphatic carbocycles. The minimum Gasteiger partial charge on any atom is -0.388 e. The molecule has 1 atom stereocenters. The summed E-state index contributed by atoms with van der Waals surface area (Å²) < 4.78 is 2.05. The minimum absolute atomic E-state index is 0.0304. The number of aliphatic hydroxyl groups is 1. The van der Waals surface area contributed by atoms with Crippen molar-refractivity contribution in [1.29, 1.82) is 0 Å². The first-order valence-electron chi connectivity index (χ1n) is 5.05. The van der Waals surface area contributed by atoms with Crippen LogP contribution in [0.1, 0.15) is 30.5 Å². The summed E-state index contributed by atoms with van der Waals surface area (Å²) in [7, 11) is 0. The molecule has 1 aliphatic heterocycles. The van der Waals surface area contributed by atoms with Crippen molar-refractivity contribution in [2.24, 2.45) is 0 Å². The van der Waals surface area contributed by atoms with Crippen molar-refractivity contribution in [1.82, 2.24) is 20.1 Å². The molecule has 2 rings (SSSR count). The Kier molecular flexibility index (Phi) is 2.79. The van der Waals surface area contributed by atoms with Crippen LogP contribution >= 0.6 is 0 Å². The van der Waals surface area contributed by atoms with Crippen LogP contribution in [-0.2, 0) is 6.61 Å². The molecule has 1 saturated heterocycles. The van der Waals surface area contributed by atoms with Gasteiger partial charge in [-0.25, -0.2) is 0 Å². The highest BCUT2D eigenvalue weighted by Crippen LogP contribution is 2.19. The van der Waals surface area contributed by atoms with Gasteiger partial charge in [0.2, 0.25) is 0 Å². The molecule has 2 heterocycles. The monoisotopic (exact) mass is 196 g/mol. The van der Waals surface area contributed by atoms with Gasteiger partial charge in [0, 0.05) is 12.6 Å². The Labute approximate surface area is 83.2 Å². The second-order valence-corrected chi connectivity index (χ2v) is 3.69. The number of aliphatic hydroxyl groups excluding tert-OH is 1. The van der Waals surface area contributed by atoms with Crippen molar-refractivity contribution >= 4 is 0 Å². The second kappa shape index (κ2) is 4.06. The van der Waals surface area contributed by atoms with Crippen molar-refractivity contribution in [3.63, 3.8) is 0 Å². The third-order valence-electron chi connectivity index (χ3n) is 2.71. The molecular formula is C9H16N4O. The van der Waals surface area contributed by atoms with Crippen LogP contribution in [0.3, 0.4) is 0 Å². The quantitative estimate of drug-likeness (QED) is 0.699. The van der Waals surface area contributed by atoms with Gasteiger partial charge in [0.25, 0.3) is 0 Å². The molecule has 0 saturated carbocycles. The molecule has 1 fully saturated rings. The Balaban J connectivity index is 2.23. The molecule has 1 aliphatic rings. The fraction of sp³-hybridized carbons (Fsp3) is 0.778. The number of hydrogen-bond acceptors (Lipinski definition) is 4. The van der Waals surface area contributed by atoms with Crippen LogP contribution in [0.4, 0.5) is 0 Å². The van der Waals surface area contributed by atoms with E-state index in [2.05, 4.69) is 15.5 Å². The molecule has 0 radical (unpaired) electrons. The Morgan fingerprint density at radius 1 is 1.57 bits per heavy atom. The van der Waals surface area contributed by atoms with Crippen LogP contribution in [0.2, 0.25) is 0 Å². The fourth-order valence-electron chi connectivity index (χ4n) is 2.05. The number of nitrogens with one attached hydrogen (secondary N) is 1. The minimum atomic E-state index is -0.0304. The summed E-state index contributed by atoms with van der Waals surface area (Å²) in [6.45, 7) is 3.94. The van der Waals surface area contributed by atoms with Gasteiger partial charge in [-0.3, -0.25) is 0 Å². The van der Waals surface area contributed by atoms with Crippen molar-refractivity contribution in [2.75, 3.05) is 13.1 Å². The van der Waals surface area contributed by atoms with Gasteiger partial charge in [-0.1, -0.05) is 0 Å². The highest BCUT2D eigenvalue weighted by Gasteiger charge is 2.19. The molecule has 1 aromatic heterocycles. The van der Waals surface area contributed by atoms with E-state index in [1.54, 1.807) is 0 Å². The van der Waals surface area contributed by atoms with Crippen LogP contribution in [0, 0.1) is 6.92 Å². The van der Waals surface area contributed by atoms with E-state index in [4.69, 9.17) is 5.11 Å². The van der Waals surface area contributed by atoms with Gasteiger partial charge >= 0.3 is 0 Å². The van der Waals surface area contributed by atoms with E-state index in [1.165, 1.54) is 6.42 Å². The average Bonchev–Trinajstić information content (AvgIpc) is 2.61. The van der Waals surface area contributed by atoms with E-state index in [9.17, 15) is 0 Å². The maximum Gasteiger partial charge on any atom is 0.159 e. The molecule has 0 amide bonds. The van der Waals surface area contributed by atoms with E-state index < -0.39 is 0 Å². The first-order chi connectivity index (χ1) is 6.83. The molecule has 2 N–H and O–H groups in total. The Morgan fingerprint density at radius 3 is 3.07 bits per heavy atom. The maximum absolute atomic E-state index is 9.12. The number of nitrogens with zero attached hydrogens (tertiary/aromatic N) is 3. The van der Waals surface area contributed by atoms with Gasteiger partial charge in [0.05, 0.1) is 0 Å². The number of piperidine rings is 1. The highest BCUT2D eigenvalue weighted by molar-refractivity contribution is 4.97. The summed E-state index contributed by atoms with van der Waals surface area (Å²) in [6, 6.07) is 0.404. The number of rotatable bonds is 2. The summed E-state index contributed by atoms with van der Waals surface area (Å²) in [5.41, 5.74) is 0. The molecule has 0 spiro atoms. The lowest BCUT2D eigenvalue weighted by atomic mass is 10.1. The van der Waals surface area contributed by atoms with Crippen molar-refractivity contribution in [3.05, 3.63) is 11.6 Å². The fourth-order valence-corrected chi connectivity index (χ4v) is 2.05. The summed E-state index contributed by atoms with van der Waals surface area (Å²) in [4.78, 5) is 0. The molecule has 1 unspecified atom stereocenters. The zero-order valence-electron chi connectivity index (χ0n) is 8.40. The molecule has 5 heteroatoms. The number of hydrogen-bond donors (Lipinski definition) is 2. The lowest BCUT2D eigenvalue weighted by Gasteiger charge is -2.25. The van der Waals surface area contributed by atoms with Crippen LogP contribution in [-0.4, -0.2) is 33.0 Å². The van der Waals surface area contributed by atoms with Gasteiger partial charge in [-0.2, -0.15) is 0 Å². The summed E-state index contributed by atoms with van der Waals surface area (Å²) >= 11 is 0. The second-order valence-electron chi connectivity index (χ2n) is 3.69. The topological polar surface area (TPSA) is 63.0 Å². The zero-order valence-corrected chi connectivity index (χ0v) is 8.40. The Morgan fingerprint density at radius 2 is 2.43 bits per heavy atom. The van der Waals surface area contributed by atoms with Crippen LogP contribution in [0.15, 0.2) is 0 Å². The number of aromatic nitrogens is 3. The largest absolute Gasteiger partial charge is 0.388 e. The van der Waals surface area contributed by atoms with Crippen LogP contribution < -0.4 is 5.32 Å². The third-order valence-corrected chi connectivity index (χ3v) is 2.71. The van der Waals surface area contributed by atoms with E-state index >= 15 is 0 Å². The zero-order chi connectivity index (χ0) is 9.97. The van der Waals surface area contributed by atoms with E-state index in [1.807, 2.05) is 11.5 Å². The predicted octanol–water partition coefficient (Wildman–Crippen LogP) is 0.00332. The third kappa shape index (κ3) is 1.65. The first-order valence-corrected chi connectivity index (χ1v) is 5.05. The maximum atomic E-state index is 9.12. The molecule has 78 valence electrons. The Hall–Kier alpha value is -0.940. The number of aryl methyl sites for hydroxylation is 1. The highest BCUT2D eigenvalue weighted by atomic mass is 16.3. The average molecular weight is 196 g/mol. The summed E-state index contributed by atoms with van der Waals surface area (Å²) in [5, 5.41) is 20.4. The van der Waals surface area contributed by atoms with Gasteiger partial charge in [0.1, 0.15) is 12.4 Å². The molecule has 0 bridgehead atoms. The van der Waals surface area contributed by atoms with E-state index in [0.29, 0.717) is 11.9 Å². The lowest BCUT2D eigenvalue weighted by molar-refractivity contribution is 0.252. The smallest absolute Gasteiger partial charge is 0.159 e. The Bertz CT molecular complexity index is 304. The van der Waals surface area contributed by atoms with Gasteiger partial charge in [0.15, 0.2) is 5.82 Å². The van der Waals surface area contributed by atoms with Gasteiger partial charge < -0.3 is 15.0 Å². The normalized spacial score (nSPS) is 22.6. The molecule has 1 aromatic rings. The standard InChI is InChI=1S/C9H16N4O/c1-7-11-12-9(6-14)13(7)8-3-2-4-10-5-8/h8,10,14H,2-6H2,1H3. The van der Waals surface area contributed by atoms with Crippen LogP contribution in [0.5, 0.6) is 0 Å². The summed E-state index contributed by atoms with van der Waals surface area (Å²) in [6.07, 6.45) is 2.31. The van der Waals surface area contributed by atoms with Gasteiger partial charge in [-0.05, 0) is 26.3 Å². The molecule has 5 nitrogen and oxygen atoms in total. The van der Waals surface area contributed by atoms with Crippen molar-refractivity contribution in [3.8, 4) is 0 Å².